The first-order valence-corrected chi connectivity index (χ1v) is 10.8. The zero-order valence-electron chi connectivity index (χ0n) is 16.0. The van der Waals surface area contributed by atoms with Gasteiger partial charge in [-0.05, 0) is 42.8 Å². The van der Waals surface area contributed by atoms with E-state index in [4.69, 9.17) is 0 Å². The molecule has 1 aliphatic rings. The summed E-state index contributed by atoms with van der Waals surface area (Å²) < 4.78 is 40.6. The highest BCUT2D eigenvalue weighted by molar-refractivity contribution is 7.89. The summed E-state index contributed by atoms with van der Waals surface area (Å²) in [7, 11) is -3.65. The first kappa shape index (κ1) is 19.5. The van der Waals surface area contributed by atoms with E-state index >= 15 is 0 Å². The summed E-state index contributed by atoms with van der Waals surface area (Å²) in [4.78, 5) is 2.14. The van der Waals surface area contributed by atoms with Gasteiger partial charge in [-0.3, -0.25) is 0 Å². The molecular weight excluding hydrogens is 391 g/mol. The quantitative estimate of drug-likeness (QED) is 0.659. The van der Waals surface area contributed by atoms with E-state index in [2.05, 4.69) is 10.2 Å². The molecule has 4 rings (SSSR count). The Balaban J connectivity index is 1.44. The Morgan fingerprint density at radius 2 is 1.62 bits per heavy atom. The lowest BCUT2D eigenvalue weighted by Gasteiger charge is -2.34. The van der Waals surface area contributed by atoms with Crippen molar-refractivity contribution >= 4 is 15.8 Å². The first-order valence-electron chi connectivity index (χ1n) is 9.35. The number of aromatic nitrogens is 2. The number of benzene rings is 2. The Kier molecular flexibility index (Phi) is 5.29. The molecule has 0 spiro atoms. The van der Waals surface area contributed by atoms with Gasteiger partial charge in [0.1, 0.15) is 5.82 Å². The minimum absolute atomic E-state index is 0.122. The zero-order chi connectivity index (χ0) is 20.4. The van der Waals surface area contributed by atoms with Crippen molar-refractivity contribution in [2.75, 3.05) is 31.1 Å². The van der Waals surface area contributed by atoms with E-state index in [0.29, 0.717) is 31.7 Å². The van der Waals surface area contributed by atoms with Gasteiger partial charge in [0.05, 0.1) is 10.6 Å². The molecule has 1 fully saturated rings. The van der Waals surface area contributed by atoms with Crippen LogP contribution in [0.15, 0.2) is 65.6 Å². The topological polar surface area (TPSA) is 66.4 Å². The first-order chi connectivity index (χ1) is 13.9. The zero-order valence-corrected chi connectivity index (χ0v) is 16.8. The summed E-state index contributed by atoms with van der Waals surface area (Å²) in [5.74, 6) is 0.311. The second kappa shape index (κ2) is 7.88. The van der Waals surface area contributed by atoms with Gasteiger partial charge in [-0.2, -0.15) is 4.31 Å². The molecule has 8 heteroatoms. The molecule has 2 heterocycles. The molecule has 0 aliphatic carbocycles. The molecule has 0 bridgehead atoms. The van der Waals surface area contributed by atoms with Gasteiger partial charge >= 0.3 is 0 Å². The van der Waals surface area contributed by atoms with E-state index < -0.39 is 15.8 Å². The summed E-state index contributed by atoms with van der Waals surface area (Å²) in [5, 5.41) is 8.61. The van der Waals surface area contributed by atoms with Crippen LogP contribution in [0.3, 0.4) is 0 Å². The van der Waals surface area contributed by atoms with Gasteiger partial charge in [0, 0.05) is 31.7 Å². The van der Waals surface area contributed by atoms with E-state index in [1.54, 1.807) is 6.92 Å². The van der Waals surface area contributed by atoms with Crippen molar-refractivity contribution in [2.24, 2.45) is 0 Å². The molecule has 29 heavy (non-hydrogen) atoms. The number of hydrogen-bond acceptors (Lipinski definition) is 5. The molecule has 0 unspecified atom stereocenters. The van der Waals surface area contributed by atoms with Crippen LogP contribution in [0.1, 0.15) is 5.56 Å². The third kappa shape index (κ3) is 3.99. The van der Waals surface area contributed by atoms with Gasteiger partial charge in [0.25, 0.3) is 0 Å². The van der Waals surface area contributed by atoms with Crippen LogP contribution < -0.4 is 4.90 Å². The Bertz CT molecular complexity index is 1100. The number of nitrogens with zero attached hydrogens (tertiary/aromatic N) is 4. The lowest BCUT2D eigenvalue weighted by Crippen LogP contribution is -2.49. The van der Waals surface area contributed by atoms with Gasteiger partial charge in [-0.1, -0.05) is 30.3 Å². The lowest BCUT2D eigenvalue weighted by atomic mass is 10.1. The highest BCUT2D eigenvalue weighted by Gasteiger charge is 2.29. The molecule has 2 aromatic carbocycles. The van der Waals surface area contributed by atoms with Gasteiger partial charge in [0.15, 0.2) is 5.82 Å². The van der Waals surface area contributed by atoms with Crippen LogP contribution in [0, 0.1) is 12.7 Å². The average molecular weight is 412 g/mol. The van der Waals surface area contributed by atoms with E-state index in [9.17, 15) is 12.8 Å². The maximum absolute atomic E-state index is 13.5. The minimum atomic E-state index is -3.65. The summed E-state index contributed by atoms with van der Waals surface area (Å²) in [6.45, 7) is 3.25. The van der Waals surface area contributed by atoms with Crippen molar-refractivity contribution in [1.82, 2.24) is 14.5 Å². The molecular formula is C21H21FN4O2S. The van der Waals surface area contributed by atoms with E-state index in [1.807, 2.05) is 47.4 Å². The monoisotopic (exact) mass is 412 g/mol. The Hall–Kier alpha value is -2.84. The van der Waals surface area contributed by atoms with Crippen molar-refractivity contribution in [3.8, 4) is 11.3 Å². The third-order valence-electron chi connectivity index (χ3n) is 5.05. The van der Waals surface area contributed by atoms with E-state index in [-0.39, 0.29) is 4.90 Å². The highest BCUT2D eigenvalue weighted by Crippen LogP contribution is 2.23. The summed E-state index contributed by atoms with van der Waals surface area (Å²) in [5.41, 5.74) is 2.11. The number of piperazine rings is 1. The molecule has 0 saturated carbocycles. The van der Waals surface area contributed by atoms with Crippen LogP contribution in [0.25, 0.3) is 11.3 Å². The van der Waals surface area contributed by atoms with Gasteiger partial charge in [-0.15, -0.1) is 10.2 Å². The second-order valence-corrected chi connectivity index (χ2v) is 8.88. The normalized spacial score (nSPS) is 15.4. The molecule has 0 amide bonds. The lowest BCUT2D eigenvalue weighted by molar-refractivity contribution is 0.383. The average Bonchev–Trinajstić information content (AvgIpc) is 2.76. The Morgan fingerprint density at radius 1 is 0.897 bits per heavy atom. The number of halogens is 1. The maximum atomic E-state index is 13.5. The second-order valence-electron chi connectivity index (χ2n) is 6.94. The third-order valence-corrected chi connectivity index (χ3v) is 6.94. The fourth-order valence-corrected chi connectivity index (χ4v) is 4.85. The van der Waals surface area contributed by atoms with E-state index in [1.165, 1.54) is 22.5 Å². The van der Waals surface area contributed by atoms with Crippen molar-refractivity contribution in [1.29, 1.82) is 0 Å². The van der Waals surface area contributed by atoms with Crippen LogP contribution in [0.2, 0.25) is 0 Å². The molecule has 0 atom stereocenters. The van der Waals surface area contributed by atoms with Gasteiger partial charge in [-0.25, -0.2) is 12.8 Å². The maximum Gasteiger partial charge on any atom is 0.243 e. The minimum Gasteiger partial charge on any atom is -0.352 e. The number of aryl methyl sites for hydroxylation is 1. The molecule has 0 N–H and O–H groups in total. The predicted octanol–water partition coefficient (Wildman–Crippen LogP) is 3.10. The molecule has 6 nitrogen and oxygen atoms in total. The number of rotatable bonds is 4. The predicted molar refractivity (Wildman–Crippen MR) is 110 cm³/mol. The summed E-state index contributed by atoms with van der Waals surface area (Å²) >= 11 is 0. The molecule has 1 aromatic heterocycles. The van der Waals surface area contributed by atoms with Crippen LogP contribution in [-0.4, -0.2) is 49.1 Å². The summed E-state index contributed by atoms with van der Waals surface area (Å²) in [6, 6.07) is 17.5. The van der Waals surface area contributed by atoms with Crippen LogP contribution in [-0.2, 0) is 10.0 Å². The van der Waals surface area contributed by atoms with Crippen LogP contribution in [0.5, 0.6) is 0 Å². The van der Waals surface area contributed by atoms with Gasteiger partial charge in [0.2, 0.25) is 10.0 Å². The SMILES string of the molecule is Cc1cc(S(=O)(=O)N2CCN(c3ccc(-c4ccccc4)nn3)CC2)ccc1F. The van der Waals surface area contributed by atoms with Gasteiger partial charge < -0.3 is 4.90 Å². The highest BCUT2D eigenvalue weighted by atomic mass is 32.2. The fourth-order valence-electron chi connectivity index (χ4n) is 3.34. The molecule has 150 valence electrons. The van der Waals surface area contributed by atoms with Crippen molar-refractivity contribution < 1.29 is 12.8 Å². The summed E-state index contributed by atoms with van der Waals surface area (Å²) in [6.07, 6.45) is 0. The van der Waals surface area contributed by atoms with Crippen molar-refractivity contribution in [3.05, 3.63) is 72.0 Å². The fraction of sp³-hybridized carbons (Fsp3) is 0.238. The van der Waals surface area contributed by atoms with Crippen LogP contribution in [0.4, 0.5) is 10.2 Å². The molecule has 0 radical (unpaired) electrons. The number of anilines is 1. The Morgan fingerprint density at radius 3 is 2.24 bits per heavy atom. The molecule has 3 aromatic rings. The number of sulfonamides is 1. The smallest absolute Gasteiger partial charge is 0.243 e. The van der Waals surface area contributed by atoms with Crippen LogP contribution >= 0.6 is 0 Å². The number of hydrogen-bond donors (Lipinski definition) is 0. The largest absolute Gasteiger partial charge is 0.352 e. The van der Waals surface area contributed by atoms with Crippen molar-refractivity contribution in [2.45, 2.75) is 11.8 Å². The van der Waals surface area contributed by atoms with E-state index in [0.717, 1.165) is 17.1 Å². The molecule has 1 aliphatic heterocycles. The standard InChI is InChI=1S/C21H21FN4O2S/c1-16-15-18(7-8-19(16)22)29(27,28)26-13-11-25(12-14-26)21-10-9-20(23-24-21)17-5-3-2-4-6-17/h2-10,15H,11-14H2,1H3. The van der Waals surface area contributed by atoms with Crippen molar-refractivity contribution in [3.63, 3.8) is 0 Å². The Labute approximate surface area is 169 Å². The molecule has 1 saturated heterocycles.